The number of halogens is 1. The summed E-state index contributed by atoms with van der Waals surface area (Å²) in [5, 5.41) is 0.171. The summed E-state index contributed by atoms with van der Waals surface area (Å²) in [5.74, 6) is 0.0623. The lowest BCUT2D eigenvalue weighted by molar-refractivity contribution is -0.196. The van der Waals surface area contributed by atoms with Gasteiger partial charge in [0.25, 0.3) is 0 Å². The van der Waals surface area contributed by atoms with Crippen molar-refractivity contribution < 1.29 is 28.2 Å². The zero-order valence-electron chi connectivity index (χ0n) is 21.2. The van der Waals surface area contributed by atoms with Gasteiger partial charge in [0.1, 0.15) is 0 Å². The molecule has 1 saturated heterocycles. The third-order valence-electron chi connectivity index (χ3n) is 7.71. The van der Waals surface area contributed by atoms with Gasteiger partial charge in [-0.3, -0.25) is 4.79 Å². The van der Waals surface area contributed by atoms with Crippen molar-refractivity contribution in [3.8, 4) is 0 Å². The lowest BCUT2D eigenvalue weighted by Gasteiger charge is -2.38. The normalized spacial score (nSPS) is 31.2. The first-order valence-corrected chi connectivity index (χ1v) is 16.7. The molecule has 2 fully saturated rings. The van der Waals surface area contributed by atoms with E-state index in [1.54, 1.807) is 0 Å². The molecule has 6 atom stereocenters. The summed E-state index contributed by atoms with van der Waals surface area (Å²) >= 11 is 2.47. The minimum Gasteiger partial charge on any atom is -0.469 e. The highest BCUT2D eigenvalue weighted by Gasteiger charge is 2.48. The van der Waals surface area contributed by atoms with Crippen LogP contribution in [0.15, 0.2) is 11.6 Å². The largest absolute Gasteiger partial charge is 0.469 e. The molecule has 0 aromatic rings. The van der Waals surface area contributed by atoms with Gasteiger partial charge in [-0.15, -0.1) is 0 Å². The number of carbonyl (C=O) groups excluding carboxylic acids is 1. The summed E-state index contributed by atoms with van der Waals surface area (Å²) in [6.07, 6.45) is 8.77. The number of carbonyl (C=O) groups is 1. The first-order chi connectivity index (χ1) is 15.5. The maximum Gasteiger partial charge on any atom is 0.305 e. The third kappa shape index (κ3) is 7.25. The molecule has 33 heavy (non-hydrogen) atoms. The van der Waals surface area contributed by atoms with Crippen molar-refractivity contribution in [2.75, 3.05) is 20.3 Å². The molecule has 1 saturated carbocycles. The highest BCUT2D eigenvalue weighted by molar-refractivity contribution is 14.1. The van der Waals surface area contributed by atoms with Gasteiger partial charge in [-0.25, -0.2) is 0 Å². The van der Waals surface area contributed by atoms with Crippen molar-refractivity contribution >= 4 is 36.9 Å². The molecule has 3 rings (SSSR count). The second-order valence-corrected chi connectivity index (χ2v) is 17.5. The van der Waals surface area contributed by atoms with E-state index in [-0.39, 0.29) is 41.5 Å². The summed E-state index contributed by atoms with van der Waals surface area (Å²) < 4.78 is 30.6. The van der Waals surface area contributed by atoms with Gasteiger partial charge in [0.2, 0.25) is 0 Å². The molecule has 0 radical (unpaired) electrons. The van der Waals surface area contributed by atoms with Gasteiger partial charge in [-0.1, -0.05) is 49.4 Å². The topological polar surface area (TPSA) is 63.2 Å². The Balaban J connectivity index is 1.67. The van der Waals surface area contributed by atoms with Gasteiger partial charge in [0.15, 0.2) is 14.6 Å². The first-order valence-electron chi connectivity index (χ1n) is 12.5. The molecular weight excluding hydrogens is 551 g/mol. The van der Waals surface area contributed by atoms with Crippen molar-refractivity contribution in [2.24, 2.45) is 5.92 Å². The SMILES string of the molecule is COC(=O)CCCC(I)C1C=C2[C@H](C[C@@H](OC3CCCCO3)[C@@H]2CO[Si](C)(C)C(C)(C)C)O1. The van der Waals surface area contributed by atoms with Gasteiger partial charge < -0.3 is 23.4 Å². The molecule has 2 heterocycles. The quantitative estimate of drug-likeness (QED) is 0.105. The lowest BCUT2D eigenvalue weighted by Crippen LogP contribution is -2.43. The van der Waals surface area contributed by atoms with Gasteiger partial charge in [0.05, 0.1) is 25.4 Å². The molecule has 0 aromatic carbocycles. The van der Waals surface area contributed by atoms with Crippen LogP contribution in [0.2, 0.25) is 18.1 Å². The summed E-state index contributed by atoms with van der Waals surface area (Å²) in [6.45, 7) is 12.9. The molecule has 3 aliphatic rings. The van der Waals surface area contributed by atoms with Crippen molar-refractivity contribution in [2.45, 2.75) is 112 Å². The standard InChI is InChI=1S/C25H43IO6Si/c1-25(2,3)33(5,6)30-16-18-17-14-22(19(26)10-9-11-23(27)28-4)31-20(17)15-21(18)32-24-12-7-8-13-29-24/h14,18-22,24H,7-13,15-16H2,1-6H3/t18-,19?,20+,21-,22?,24?/m1/s1. The molecule has 3 unspecified atom stereocenters. The molecule has 0 spiro atoms. The second-order valence-electron chi connectivity index (χ2n) is 11.1. The Morgan fingerprint density at radius 3 is 2.70 bits per heavy atom. The van der Waals surface area contributed by atoms with Gasteiger partial charge in [-0.05, 0) is 55.8 Å². The van der Waals surface area contributed by atoms with Gasteiger partial charge in [-0.2, -0.15) is 0 Å². The van der Waals surface area contributed by atoms with E-state index in [4.69, 9.17) is 23.4 Å². The van der Waals surface area contributed by atoms with Crippen molar-refractivity contribution in [1.29, 1.82) is 0 Å². The van der Waals surface area contributed by atoms with Crippen molar-refractivity contribution in [3.05, 3.63) is 11.6 Å². The molecule has 2 aliphatic heterocycles. The van der Waals surface area contributed by atoms with Gasteiger partial charge in [0, 0.05) is 35.9 Å². The monoisotopic (exact) mass is 594 g/mol. The summed E-state index contributed by atoms with van der Waals surface area (Å²) in [5.41, 5.74) is 1.34. The number of fused-ring (bicyclic) bond motifs is 1. The van der Waals surface area contributed by atoms with Crippen LogP contribution in [0.1, 0.15) is 65.7 Å². The molecule has 0 aromatic heterocycles. The molecule has 8 heteroatoms. The van der Waals surface area contributed by atoms with E-state index in [1.165, 1.54) is 12.7 Å². The maximum absolute atomic E-state index is 11.4. The van der Waals surface area contributed by atoms with Gasteiger partial charge >= 0.3 is 5.97 Å². The summed E-state index contributed by atoms with van der Waals surface area (Å²) in [7, 11) is -0.426. The highest BCUT2D eigenvalue weighted by Crippen LogP contribution is 2.45. The number of esters is 1. The minimum absolute atomic E-state index is 0.0713. The van der Waals surface area contributed by atoms with Crippen LogP contribution in [0, 0.1) is 5.92 Å². The maximum atomic E-state index is 11.4. The number of alkyl halides is 1. The molecule has 190 valence electrons. The van der Waals surface area contributed by atoms with Crippen molar-refractivity contribution in [3.63, 3.8) is 0 Å². The predicted molar refractivity (Wildman–Crippen MR) is 140 cm³/mol. The Labute approximate surface area is 214 Å². The summed E-state index contributed by atoms with van der Waals surface area (Å²) in [4.78, 5) is 11.4. The molecular formula is C25H43IO6Si. The Hall–Kier alpha value is -0.00312. The highest BCUT2D eigenvalue weighted by atomic mass is 127. The molecule has 1 aliphatic carbocycles. The first kappa shape index (κ1) is 27.6. The second kappa shape index (κ2) is 11.8. The van der Waals surface area contributed by atoms with Crippen LogP contribution < -0.4 is 0 Å². The zero-order chi connectivity index (χ0) is 24.2. The van der Waals surface area contributed by atoms with Crippen LogP contribution in [0.25, 0.3) is 0 Å². The smallest absolute Gasteiger partial charge is 0.305 e. The number of rotatable bonds is 10. The predicted octanol–water partition coefficient (Wildman–Crippen LogP) is 5.78. The Morgan fingerprint density at radius 2 is 2.06 bits per heavy atom. The Bertz CT molecular complexity index is 685. The molecule has 6 nitrogen and oxygen atoms in total. The van der Waals surface area contributed by atoms with E-state index in [9.17, 15) is 4.79 Å². The Kier molecular flexibility index (Phi) is 9.88. The van der Waals surface area contributed by atoms with Crippen LogP contribution in [0.4, 0.5) is 0 Å². The van der Waals surface area contributed by atoms with E-state index < -0.39 is 8.32 Å². The fraction of sp³-hybridized carbons (Fsp3) is 0.880. The van der Waals surface area contributed by atoms with Crippen LogP contribution in [-0.2, 0) is 28.2 Å². The molecule has 0 amide bonds. The van der Waals surface area contributed by atoms with Crippen LogP contribution in [-0.4, -0.2) is 63.1 Å². The van der Waals surface area contributed by atoms with Crippen LogP contribution >= 0.6 is 22.6 Å². The fourth-order valence-electron chi connectivity index (χ4n) is 4.53. The third-order valence-corrected chi connectivity index (χ3v) is 13.5. The number of methoxy groups -OCH3 is 1. The van der Waals surface area contributed by atoms with E-state index in [1.807, 2.05) is 0 Å². The number of ether oxygens (including phenoxy) is 4. The number of hydrogen-bond donors (Lipinski definition) is 0. The van der Waals surface area contributed by atoms with Crippen LogP contribution in [0.5, 0.6) is 0 Å². The van der Waals surface area contributed by atoms with E-state index in [0.29, 0.717) is 17.0 Å². The lowest BCUT2D eigenvalue weighted by atomic mass is 10.00. The van der Waals surface area contributed by atoms with Crippen molar-refractivity contribution in [1.82, 2.24) is 0 Å². The molecule has 0 bridgehead atoms. The summed E-state index contributed by atoms with van der Waals surface area (Å²) in [6, 6.07) is 0. The van der Waals surface area contributed by atoms with E-state index in [2.05, 4.69) is 62.5 Å². The fourth-order valence-corrected chi connectivity index (χ4v) is 6.37. The average molecular weight is 595 g/mol. The Morgan fingerprint density at radius 1 is 1.30 bits per heavy atom. The van der Waals surface area contributed by atoms with E-state index in [0.717, 1.165) is 45.1 Å². The van der Waals surface area contributed by atoms with Crippen LogP contribution in [0.3, 0.4) is 0 Å². The molecule has 0 N–H and O–H groups in total. The minimum atomic E-state index is -1.87. The number of hydrogen-bond acceptors (Lipinski definition) is 6. The average Bonchev–Trinajstić information content (AvgIpc) is 3.30. The van der Waals surface area contributed by atoms with E-state index >= 15 is 0 Å². The zero-order valence-corrected chi connectivity index (χ0v) is 24.4.